The zero-order valence-electron chi connectivity index (χ0n) is 9.59. The summed E-state index contributed by atoms with van der Waals surface area (Å²) in [6.45, 7) is 5.59. The lowest BCUT2D eigenvalue weighted by Crippen LogP contribution is -2.25. The zero-order valence-corrected chi connectivity index (χ0v) is 11.9. The van der Waals surface area contributed by atoms with E-state index in [1.165, 1.54) is 0 Å². The molecule has 2 nitrogen and oxygen atoms in total. The Morgan fingerprint density at radius 2 is 2.12 bits per heavy atom. The smallest absolute Gasteiger partial charge is 0.133 e. The highest BCUT2D eigenvalue weighted by molar-refractivity contribution is 9.10. The van der Waals surface area contributed by atoms with E-state index in [2.05, 4.69) is 29.8 Å². The van der Waals surface area contributed by atoms with Gasteiger partial charge in [-0.05, 0) is 52.5 Å². The average molecular weight is 307 g/mol. The maximum Gasteiger partial charge on any atom is 0.133 e. The third kappa shape index (κ3) is 4.32. The molecule has 0 fully saturated rings. The minimum Gasteiger partial charge on any atom is -0.492 e. The quantitative estimate of drug-likeness (QED) is 0.896. The standard InChI is InChI=1S/C12H17BrClNO/c1-12(2,8-15)5-6-16-11-4-3-9(14)7-10(11)13/h3-4,7H,5-6,8,15H2,1-2H3. The van der Waals surface area contributed by atoms with Crippen LogP contribution in [0.25, 0.3) is 0 Å². The van der Waals surface area contributed by atoms with Crippen molar-refractivity contribution in [2.75, 3.05) is 13.2 Å². The topological polar surface area (TPSA) is 35.2 Å². The van der Waals surface area contributed by atoms with E-state index in [1.807, 2.05) is 18.2 Å². The van der Waals surface area contributed by atoms with Crippen LogP contribution in [0.1, 0.15) is 20.3 Å². The van der Waals surface area contributed by atoms with Crippen LogP contribution in [0.2, 0.25) is 5.02 Å². The molecule has 4 heteroatoms. The molecule has 0 bridgehead atoms. The van der Waals surface area contributed by atoms with Gasteiger partial charge >= 0.3 is 0 Å². The molecule has 0 spiro atoms. The molecule has 0 amide bonds. The molecule has 0 heterocycles. The van der Waals surface area contributed by atoms with Gasteiger partial charge in [-0.1, -0.05) is 25.4 Å². The molecule has 1 aromatic rings. The normalized spacial score (nSPS) is 11.6. The van der Waals surface area contributed by atoms with Crippen LogP contribution in [0.15, 0.2) is 22.7 Å². The Balaban J connectivity index is 2.49. The first kappa shape index (κ1) is 13.8. The molecule has 0 saturated heterocycles. The highest BCUT2D eigenvalue weighted by atomic mass is 79.9. The maximum atomic E-state index is 5.84. The van der Waals surface area contributed by atoms with Crippen LogP contribution in [0, 0.1) is 5.41 Å². The van der Waals surface area contributed by atoms with Crippen LogP contribution in [-0.4, -0.2) is 13.2 Å². The molecule has 0 aliphatic carbocycles. The summed E-state index contributed by atoms with van der Waals surface area (Å²) in [6, 6.07) is 5.50. The number of rotatable bonds is 5. The van der Waals surface area contributed by atoms with Gasteiger partial charge in [-0.2, -0.15) is 0 Å². The van der Waals surface area contributed by atoms with Crippen molar-refractivity contribution in [1.29, 1.82) is 0 Å². The molecule has 0 aliphatic rings. The van der Waals surface area contributed by atoms with Crippen LogP contribution >= 0.6 is 27.5 Å². The minimum absolute atomic E-state index is 0.124. The summed E-state index contributed by atoms with van der Waals surface area (Å²) >= 11 is 9.25. The van der Waals surface area contributed by atoms with Gasteiger partial charge in [-0.15, -0.1) is 0 Å². The highest BCUT2D eigenvalue weighted by Gasteiger charge is 2.15. The number of nitrogens with two attached hydrogens (primary N) is 1. The van der Waals surface area contributed by atoms with Crippen LogP contribution < -0.4 is 10.5 Å². The molecule has 0 atom stereocenters. The molecule has 16 heavy (non-hydrogen) atoms. The first-order valence-corrected chi connectivity index (χ1v) is 6.40. The van der Waals surface area contributed by atoms with Crippen molar-refractivity contribution in [2.24, 2.45) is 11.1 Å². The van der Waals surface area contributed by atoms with E-state index < -0.39 is 0 Å². The van der Waals surface area contributed by atoms with Crippen LogP contribution in [-0.2, 0) is 0 Å². The van der Waals surface area contributed by atoms with Crippen LogP contribution in [0.3, 0.4) is 0 Å². The lowest BCUT2D eigenvalue weighted by Gasteiger charge is -2.22. The second-order valence-electron chi connectivity index (χ2n) is 4.54. The first-order chi connectivity index (χ1) is 7.44. The van der Waals surface area contributed by atoms with Gasteiger partial charge in [0.2, 0.25) is 0 Å². The Hall–Kier alpha value is -0.250. The van der Waals surface area contributed by atoms with Gasteiger partial charge in [0.05, 0.1) is 11.1 Å². The van der Waals surface area contributed by atoms with Crippen molar-refractivity contribution in [2.45, 2.75) is 20.3 Å². The molecular formula is C12H17BrClNO. The largest absolute Gasteiger partial charge is 0.492 e. The summed E-state index contributed by atoms with van der Waals surface area (Å²) in [4.78, 5) is 0. The second kappa shape index (κ2) is 5.89. The van der Waals surface area contributed by atoms with E-state index in [0.717, 1.165) is 16.6 Å². The zero-order chi connectivity index (χ0) is 12.2. The summed E-state index contributed by atoms with van der Waals surface area (Å²) in [5.41, 5.74) is 5.78. The summed E-state index contributed by atoms with van der Waals surface area (Å²) in [5, 5.41) is 0.696. The van der Waals surface area contributed by atoms with E-state index in [0.29, 0.717) is 18.2 Å². The van der Waals surface area contributed by atoms with Gasteiger partial charge in [0, 0.05) is 5.02 Å². The Morgan fingerprint density at radius 3 is 2.69 bits per heavy atom. The predicted octanol–water partition coefficient (Wildman–Crippen LogP) is 3.86. The Morgan fingerprint density at radius 1 is 1.44 bits per heavy atom. The lowest BCUT2D eigenvalue weighted by atomic mass is 9.90. The van der Waals surface area contributed by atoms with Gasteiger partial charge < -0.3 is 10.5 Å². The van der Waals surface area contributed by atoms with Crippen molar-refractivity contribution in [3.63, 3.8) is 0 Å². The van der Waals surface area contributed by atoms with Gasteiger partial charge in [0.1, 0.15) is 5.75 Å². The van der Waals surface area contributed by atoms with Gasteiger partial charge in [-0.25, -0.2) is 0 Å². The SMILES string of the molecule is CC(C)(CN)CCOc1ccc(Cl)cc1Br. The third-order valence-corrected chi connectivity index (χ3v) is 3.34. The van der Waals surface area contributed by atoms with Crippen molar-refractivity contribution in [3.8, 4) is 5.75 Å². The van der Waals surface area contributed by atoms with Crippen molar-refractivity contribution < 1.29 is 4.74 Å². The number of ether oxygens (including phenoxy) is 1. The molecule has 2 N–H and O–H groups in total. The third-order valence-electron chi connectivity index (χ3n) is 2.48. The molecule has 1 rings (SSSR count). The summed E-state index contributed by atoms with van der Waals surface area (Å²) in [7, 11) is 0. The summed E-state index contributed by atoms with van der Waals surface area (Å²) in [5.74, 6) is 0.817. The second-order valence-corrected chi connectivity index (χ2v) is 5.83. The van der Waals surface area contributed by atoms with Crippen molar-refractivity contribution in [1.82, 2.24) is 0 Å². The van der Waals surface area contributed by atoms with E-state index in [4.69, 9.17) is 22.1 Å². The predicted molar refractivity (Wildman–Crippen MR) is 72.1 cm³/mol. The van der Waals surface area contributed by atoms with Gasteiger partial charge in [0.25, 0.3) is 0 Å². The van der Waals surface area contributed by atoms with E-state index in [-0.39, 0.29) is 5.41 Å². The number of hydrogen-bond acceptors (Lipinski definition) is 2. The minimum atomic E-state index is 0.124. The van der Waals surface area contributed by atoms with E-state index >= 15 is 0 Å². The summed E-state index contributed by atoms with van der Waals surface area (Å²) in [6.07, 6.45) is 0.929. The molecule has 0 aromatic heterocycles. The average Bonchev–Trinajstić information content (AvgIpc) is 2.21. The fourth-order valence-electron chi connectivity index (χ4n) is 1.13. The van der Waals surface area contributed by atoms with Gasteiger partial charge in [0.15, 0.2) is 0 Å². The molecule has 0 aliphatic heterocycles. The van der Waals surface area contributed by atoms with Gasteiger partial charge in [-0.3, -0.25) is 0 Å². The summed E-state index contributed by atoms with van der Waals surface area (Å²) < 4.78 is 6.55. The number of hydrogen-bond donors (Lipinski definition) is 1. The monoisotopic (exact) mass is 305 g/mol. The molecule has 0 radical (unpaired) electrons. The van der Waals surface area contributed by atoms with Crippen molar-refractivity contribution >= 4 is 27.5 Å². The maximum absolute atomic E-state index is 5.84. The highest BCUT2D eigenvalue weighted by Crippen LogP contribution is 2.28. The van der Waals surface area contributed by atoms with E-state index in [9.17, 15) is 0 Å². The fourth-order valence-corrected chi connectivity index (χ4v) is 1.93. The Kier molecular flexibility index (Phi) is 5.09. The lowest BCUT2D eigenvalue weighted by molar-refractivity contribution is 0.232. The molecular weight excluding hydrogens is 289 g/mol. The molecule has 0 saturated carbocycles. The van der Waals surface area contributed by atoms with Crippen LogP contribution in [0.4, 0.5) is 0 Å². The fraction of sp³-hybridized carbons (Fsp3) is 0.500. The number of benzene rings is 1. The number of halogens is 2. The van der Waals surface area contributed by atoms with E-state index in [1.54, 1.807) is 0 Å². The van der Waals surface area contributed by atoms with Crippen molar-refractivity contribution in [3.05, 3.63) is 27.7 Å². The van der Waals surface area contributed by atoms with Crippen LogP contribution in [0.5, 0.6) is 5.75 Å². The Labute approximate surface area is 110 Å². The molecule has 90 valence electrons. The first-order valence-electron chi connectivity index (χ1n) is 5.22. The molecule has 0 unspecified atom stereocenters. The Bertz CT molecular complexity index is 355. The molecule has 1 aromatic carbocycles.